The van der Waals surface area contributed by atoms with Crippen LogP contribution in [0, 0.1) is 17.8 Å². The van der Waals surface area contributed by atoms with Crippen molar-refractivity contribution in [2.45, 2.75) is 52.5 Å². The Morgan fingerprint density at radius 2 is 1.51 bits per heavy atom. The Morgan fingerprint density at radius 1 is 0.949 bits per heavy atom. The predicted octanol–water partition coefficient (Wildman–Crippen LogP) is 4.86. The van der Waals surface area contributed by atoms with Crippen molar-refractivity contribution in [3.8, 4) is 0 Å². The molecule has 208 valence electrons. The van der Waals surface area contributed by atoms with Crippen LogP contribution in [0.5, 0.6) is 0 Å². The molecule has 9 nitrogen and oxygen atoms in total. The average molecular weight is 571 g/mol. The number of carbonyl (C=O) groups is 3. The molecule has 2 heterocycles. The summed E-state index contributed by atoms with van der Waals surface area (Å²) in [5.41, 5.74) is 1.09. The molecule has 1 N–H and O–H groups in total. The second-order valence-electron chi connectivity index (χ2n) is 11.0. The highest BCUT2D eigenvalue weighted by molar-refractivity contribution is 7.89. The van der Waals surface area contributed by atoms with E-state index in [2.05, 4.69) is 10.3 Å². The Hall–Kier alpha value is -3.15. The highest BCUT2D eigenvalue weighted by Crippen LogP contribution is 2.32. The molecule has 39 heavy (non-hydrogen) atoms. The van der Waals surface area contributed by atoms with Crippen LogP contribution < -0.4 is 5.32 Å². The molecular weight excluding hydrogens is 536 g/mol. The zero-order valence-electron chi connectivity index (χ0n) is 23.0. The molecule has 2 aromatic carbocycles. The lowest BCUT2D eigenvalue weighted by molar-refractivity contribution is -0.121. The van der Waals surface area contributed by atoms with Gasteiger partial charge in [0.25, 0.3) is 11.8 Å². The number of anilines is 1. The van der Waals surface area contributed by atoms with E-state index >= 15 is 0 Å². The van der Waals surface area contributed by atoms with Gasteiger partial charge in [-0.1, -0.05) is 65.0 Å². The van der Waals surface area contributed by atoms with Gasteiger partial charge in [-0.05, 0) is 48.1 Å². The molecule has 0 fully saturated rings. The summed E-state index contributed by atoms with van der Waals surface area (Å²) in [4.78, 5) is 45.1. The van der Waals surface area contributed by atoms with Gasteiger partial charge in [0.1, 0.15) is 6.04 Å². The van der Waals surface area contributed by atoms with Crippen LogP contribution in [-0.4, -0.2) is 59.5 Å². The molecule has 1 aliphatic heterocycles. The maximum atomic E-state index is 13.5. The van der Waals surface area contributed by atoms with Crippen molar-refractivity contribution in [3.63, 3.8) is 0 Å². The number of benzene rings is 2. The van der Waals surface area contributed by atoms with Crippen molar-refractivity contribution in [2.75, 3.05) is 18.4 Å². The zero-order valence-corrected chi connectivity index (χ0v) is 24.6. The number of amides is 3. The third-order valence-electron chi connectivity index (χ3n) is 6.37. The highest BCUT2D eigenvalue weighted by Gasteiger charge is 2.44. The first-order valence-electron chi connectivity index (χ1n) is 13.0. The number of nitrogens with one attached hydrogen (secondary N) is 1. The van der Waals surface area contributed by atoms with Gasteiger partial charge < -0.3 is 5.32 Å². The molecule has 1 atom stereocenters. The number of carbonyl (C=O) groups excluding carboxylic acids is 3. The number of fused-ring (bicyclic) bond motifs is 2. The molecule has 3 aromatic rings. The van der Waals surface area contributed by atoms with Crippen LogP contribution in [0.15, 0.2) is 47.4 Å². The molecule has 0 bridgehead atoms. The van der Waals surface area contributed by atoms with Crippen molar-refractivity contribution in [2.24, 2.45) is 17.8 Å². The van der Waals surface area contributed by atoms with E-state index in [1.807, 2.05) is 27.7 Å². The molecule has 3 amide bonds. The van der Waals surface area contributed by atoms with Gasteiger partial charge in [0.2, 0.25) is 15.9 Å². The van der Waals surface area contributed by atoms with Gasteiger partial charge in [-0.15, -0.1) is 0 Å². The Bertz CT molecular complexity index is 1480. The van der Waals surface area contributed by atoms with Crippen molar-refractivity contribution in [1.29, 1.82) is 0 Å². The summed E-state index contributed by atoms with van der Waals surface area (Å²) in [6.45, 7) is 12.3. The summed E-state index contributed by atoms with van der Waals surface area (Å²) in [6.07, 6.45) is 0. The minimum atomic E-state index is -3.73. The van der Waals surface area contributed by atoms with E-state index in [9.17, 15) is 22.8 Å². The van der Waals surface area contributed by atoms with Crippen LogP contribution in [-0.2, 0) is 14.8 Å². The lowest BCUT2D eigenvalue weighted by atomic mass is 10.0. The molecule has 0 saturated heterocycles. The van der Waals surface area contributed by atoms with Gasteiger partial charge in [0.15, 0.2) is 5.13 Å². The second-order valence-corrected chi connectivity index (χ2v) is 13.9. The molecule has 4 rings (SSSR count). The summed E-state index contributed by atoms with van der Waals surface area (Å²) in [7, 11) is -3.73. The molecular formula is C28H34N4O5S2. The van der Waals surface area contributed by atoms with Crippen LogP contribution in [0.4, 0.5) is 5.13 Å². The Morgan fingerprint density at radius 3 is 2.03 bits per heavy atom. The fourth-order valence-corrected chi connectivity index (χ4v) is 7.49. The van der Waals surface area contributed by atoms with Crippen LogP contribution in [0.3, 0.4) is 0 Å². The van der Waals surface area contributed by atoms with Crippen LogP contribution >= 0.6 is 11.3 Å². The van der Waals surface area contributed by atoms with Gasteiger partial charge in [-0.25, -0.2) is 13.4 Å². The van der Waals surface area contributed by atoms with E-state index in [0.29, 0.717) is 23.3 Å². The standard InChI is InChI=1S/C28H34N4O5S2/c1-16(2)14-31(15-17(3)4)39(36,37)19-11-12-22-23(13-19)38-28(29-22)30-25(33)24(18(5)6)32-26(34)20-9-7-8-10-21(20)27(32)35/h7-13,16-18,24H,14-15H2,1-6H3,(H,29,30,33). The molecule has 1 aromatic heterocycles. The quantitative estimate of drug-likeness (QED) is 0.348. The zero-order chi connectivity index (χ0) is 28.6. The Kier molecular flexibility index (Phi) is 8.25. The first kappa shape index (κ1) is 28.8. The lowest BCUT2D eigenvalue weighted by Gasteiger charge is -2.27. The largest absolute Gasteiger partial charge is 0.300 e. The SMILES string of the molecule is CC(C)CN(CC(C)C)S(=O)(=O)c1ccc2nc(NC(=O)C(C(C)C)N3C(=O)c4ccccc4C3=O)sc2c1. The van der Waals surface area contributed by atoms with Crippen LogP contribution in [0.1, 0.15) is 62.3 Å². The fraction of sp³-hybridized carbons (Fsp3) is 0.429. The first-order chi connectivity index (χ1) is 18.3. The molecule has 11 heteroatoms. The van der Waals surface area contributed by atoms with E-state index in [1.54, 1.807) is 50.2 Å². The molecule has 0 aliphatic carbocycles. The van der Waals surface area contributed by atoms with Crippen molar-refractivity contribution in [1.82, 2.24) is 14.2 Å². The van der Waals surface area contributed by atoms with Crippen molar-refractivity contribution < 1.29 is 22.8 Å². The molecule has 0 saturated carbocycles. The monoisotopic (exact) mass is 570 g/mol. The topological polar surface area (TPSA) is 117 Å². The first-order valence-corrected chi connectivity index (χ1v) is 15.3. The minimum absolute atomic E-state index is 0.170. The fourth-order valence-electron chi connectivity index (χ4n) is 4.71. The number of thiazole rings is 1. The van der Waals surface area contributed by atoms with E-state index in [-0.39, 0.29) is 38.9 Å². The Labute approximate surface area is 233 Å². The predicted molar refractivity (Wildman–Crippen MR) is 152 cm³/mol. The van der Waals surface area contributed by atoms with Gasteiger partial charge >= 0.3 is 0 Å². The van der Waals surface area contributed by atoms with Gasteiger partial charge in [-0.2, -0.15) is 4.31 Å². The van der Waals surface area contributed by atoms with Gasteiger partial charge in [0.05, 0.1) is 26.2 Å². The number of sulfonamides is 1. The van der Waals surface area contributed by atoms with E-state index in [4.69, 9.17) is 0 Å². The summed E-state index contributed by atoms with van der Waals surface area (Å²) >= 11 is 1.14. The van der Waals surface area contributed by atoms with E-state index < -0.39 is 33.8 Å². The summed E-state index contributed by atoms with van der Waals surface area (Å²) < 4.78 is 29.1. The lowest BCUT2D eigenvalue weighted by Crippen LogP contribution is -2.50. The minimum Gasteiger partial charge on any atom is -0.300 e. The number of nitrogens with zero attached hydrogens (tertiary/aromatic N) is 3. The maximum Gasteiger partial charge on any atom is 0.262 e. The smallest absolute Gasteiger partial charge is 0.262 e. The highest BCUT2D eigenvalue weighted by atomic mass is 32.2. The molecule has 0 spiro atoms. The number of rotatable bonds is 10. The maximum absolute atomic E-state index is 13.5. The summed E-state index contributed by atoms with van der Waals surface area (Å²) in [6, 6.07) is 10.2. The number of imide groups is 1. The van der Waals surface area contributed by atoms with Crippen LogP contribution in [0.2, 0.25) is 0 Å². The third-order valence-corrected chi connectivity index (χ3v) is 9.13. The third kappa shape index (κ3) is 5.75. The van der Waals surface area contributed by atoms with Crippen molar-refractivity contribution in [3.05, 3.63) is 53.6 Å². The second kappa shape index (κ2) is 11.1. The van der Waals surface area contributed by atoms with Crippen molar-refractivity contribution >= 4 is 54.4 Å². The number of hydrogen-bond donors (Lipinski definition) is 1. The van der Waals surface area contributed by atoms with E-state index in [0.717, 1.165) is 16.2 Å². The molecule has 1 unspecified atom stereocenters. The molecule has 0 radical (unpaired) electrons. The van der Waals surface area contributed by atoms with Gasteiger partial charge in [0, 0.05) is 13.1 Å². The van der Waals surface area contributed by atoms with E-state index in [1.165, 1.54) is 10.4 Å². The normalized spacial score (nSPS) is 14.8. The molecule has 1 aliphatic rings. The Balaban J connectivity index is 1.60. The van der Waals surface area contributed by atoms with Crippen LogP contribution in [0.25, 0.3) is 10.2 Å². The number of aromatic nitrogens is 1. The number of hydrogen-bond acceptors (Lipinski definition) is 7. The summed E-state index contributed by atoms with van der Waals surface area (Å²) in [5.74, 6) is -1.56. The average Bonchev–Trinajstić information content (AvgIpc) is 3.36. The summed E-state index contributed by atoms with van der Waals surface area (Å²) in [5, 5.41) is 3.01. The van der Waals surface area contributed by atoms with Gasteiger partial charge in [-0.3, -0.25) is 19.3 Å².